The molecule has 88 valence electrons. The number of carbonyl (C=O) groups is 1. The van der Waals surface area contributed by atoms with Crippen LogP contribution in [-0.2, 0) is 11.2 Å². The quantitative estimate of drug-likeness (QED) is 0.831. The van der Waals surface area contributed by atoms with E-state index in [1.165, 1.54) is 0 Å². The number of aliphatic carboxylic acids is 1. The number of rotatable bonds is 5. The van der Waals surface area contributed by atoms with Gasteiger partial charge in [0.2, 0.25) is 0 Å². The third-order valence-electron chi connectivity index (χ3n) is 2.20. The summed E-state index contributed by atoms with van der Waals surface area (Å²) in [5.41, 5.74) is 1.81. The second-order valence-electron chi connectivity index (χ2n) is 3.78. The maximum atomic E-state index is 10.5. The first-order chi connectivity index (χ1) is 7.52. The molecule has 0 aromatic carbocycles. The zero-order valence-corrected chi connectivity index (χ0v) is 9.86. The van der Waals surface area contributed by atoms with E-state index >= 15 is 0 Å². The number of aromatic nitrogens is 1. The van der Waals surface area contributed by atoms with Gasteiger partial charge in [0, 0.05) is 5.69 Å². The Morgan fingerprint density at radius 3 is 2.81 bits per heavy atom. The Labute approximate surface area is 95.3 Å². The molecule has 1 heterocycles. The van der Waals surface area contributed by atoms with E-state index in [9.17, 15) is 4.79 Å². The van der Waals surface area contributed by atoms with Crippen molar-refractivity contribution in [3.8, 4) is 5.75 Å². The van der Waals surface area contributed by atoms with E-state index < -0.39 is 5.97 Å². The van der Waals surface area contributed by atoms with Crippen LogP contribution < -0.4 is 4.74 Å². The first-order valence-corrected chi connectivity index (χ1v) is 5.38. The van der Waals surface area contributed by atoms with Crippen LogP contribution in [0.15, 0.2) is 12.1 Å². The number of aryl methyl sites for hydroxylation is 2. The van der Waals surface area contributed by atoms with Crippen LogP contribution in [0.2, 0.25) is 0 Å². The molecule has 0 aliphatic heterocycles. The summed E-state index contributed by atoms with van der Waals surface area (Å²) in [6.45, 7) is 5.66. The Balaban J connectivity index is 2.76. The predicted molar refractivity (Wildman–Crippen MR) is 60.7 cm³/mol. The van der Waals surface area contributed by atoms with E-state index in [2.05, 4.69) is 4.98 Å². The number of ether oxygens (including phenoxy) is 1. The van der Waals surface area contributed by atoms with E-state index in [-0.39, 0.29) is 12.5 Å². The summed E-state index contributed by atoms with van der Waals surface area (Å²) in [5.74, 6) is -0.174. The molecule has 0 amide bonds. The van der Waals surface area contributed by atoms with Gasteiger partial charge >= 0.3 is 5.97 Å². The highest BCUT2D eigenvalue weighted by atomic mass is 16.5. The molecule has 0 saturated heterocycles. The number of hydrogen-bond donors (Lipinski definition) is 1. The van der Waals surface area contributed by atoms with Crippen LogP contribution in [-0.4, -0.2) is 22.2 Å². The molecule has 16 heavy (non-hydrogen) atoms. The molecule has 0 radical (unpaired) electrons. The fraction of sp³-hybridized carbons (Fsp3) is 0.500. The minimum Gasteiger partial charge on any atom is -0.488 e. The largest absolute Gasteiger partial charge is 0.488 e. The Hall–Kier alpha value is -1.58. The third-order valence-corrected chi connectivity index (χ3v) is 2.20. The normalized spacial score (nSPS) is 12.2. The molecule has 0 spiro atoms. The van der Waals surface area contributed by atoms with Gasteiger partial charge in [-0.1, -0.05) is 6.92 Å². The van der Waals surface area contributed by atoms with Gasteiger partial charge in [0.15, 0.2) is 0 Å². The highest BCUT2D eigenvalue weighted by molar-refractivity contribution is 5.67. The zero-order valence-electron chi connectivity index (χ0n) is 9.86. The van der Waals surface area contributed by atoms with Crippen molar-refractivity contribution >= 4 is 5.97 Å². The van der Waals surface area contributed by atoms with Crippen molar-refractivity contribution < 1.29 is 14.6 Å². The van der Waals surface area contributed by atoms with Crippen molar-refractivity contribution in [3.63, 3.8) is 0 Å². The molecule has 0 aliphatic carbocycles. The number of hydrogen-bond acceptors (Lipinski definition) is 3. The standard InChI is InChI=1S/C12H17NO3/c1-4-10-11(6-5-8(2)13-10)16-9(3)7-12(14)15/h5-6,9H,4,7H2,1-3H3,(H,14,15)/t9-/m0/s1. The molecule has 1 rings (SSSR count). The number of carboxylic acid groups (broad SMARTS) is 1. The third kappa shape index (κ3) is 3.53. The van der Waals surface area contributed by atoms with Crippen LogP contribution >= 0.6 is 0 Å². The van der Waals surface area contributed by atoms with Gasteiger partial charge in [-0.15, -0.1) is 0 Å². The maximum absolute atomic E-state index is 10.5. The van der Waals surface area contributed by atoms with Crippen LogP contribution in [0.25, 0.3) is 0 Å². The van der Waals surface area contributed by atoms with Gasteiger partial charge in [-0.2, -0.15) is 0 Å². The van der Waals surface area contributed by atoms with Gasteiger partial charge in [0.1, 0.15) is 11.9 Å². The number of nitrogens with zero attached hydrogens (tertiary/aromatic N) is 1. The van der Waals surface area contributed by atoms with Gasteiger partial charge in [-0.25, -0.2) is 0 Å². The highest BCUT2D eigenvalue weighted by Crippen LogP contribution is 2.19. The Morgan fingerprint density at radius 2 is 2.25 bits per heavy atom. The number of pyridine rings is 1. The van der Waals surface area contributed by atoms with E-state index in [1.54, 1.807) is 6.92 Å². The first-order valence-electron chi connectivity index (χ1n) is 5.38. The van der Waals surface area contributed by atoms with Gasteiger partial charge in [-0.3, -0.25) is 9.78 Å². The summed E-state index contributed by atoms with van der Waals surface area (Å²) in [7, 11) is 0. The van der Waals surface area contributed by atoms with Crippen molar-refractivity contribution in [2.45, 2.75) is 39.7 Å². The minimum absolute atomic E-state index is 0.00295. The summed E-state index contributed by atoms with van der Waals surface area (Å²) in [5, 5.41) is 8.64. The van der Waals surface area contributed by atoms with Crippen molar-refractivity contribution in [1.82, 2.24) is 4.98 Å². The lowest BCUT2D eigenvalue weighted by Crippen LogP contribution is -2.17. The molecule has 1 aromatic heterocycles. The lowest BCUT2D eigenvalue weighted by atomic mass is 10.2. The maximum Gasteiger partial charge on any atom is 0.307 e. The smallest absolute Gasteiger partial charge is 0.307 e. The Bertz CT molecular complexity index is 377. The average Bonchev–Trinajstić information content (AvgIpc) is 2.19. The van der Waals surface area contributed by atoms with Crippen LogP contribution in [0.3, 0.4) is 0 Å². The van der Waals surface area contributed by atoms with Gasteiger partial charge in [0.25, 0.3) is 0 Å². The average molecular weight is 223 g/mol. The molecule has 0 saturated carbocycles. The summed E-state index contributed by atoms with van der Waals surface area (Å²) >= 11 is 0. The second-order valence-corrected chi connectivity index (χ2v) is 3.78. The molecule has 0 unspecified atom stereocenters. The first kappa shape index (κ1) is 12.5. The fourth-order valence-corrected chi connectivity index (χ4v) is 1.46. The second kappa shape index (κ2) is 5.49. The number of carboxylic acids is 1. The summed E-state index contributed by atoms with van der Waals surface area (Å²) in [6, 6.07) is 3.71. The Morgan fingerprint density at radius 1 is 1.56 bits per heavy atom. The minimum atomic E-state index is -0.856. The molecule has 0 fully saturated rings. The fourth-order valence-electron chi connectivity index (χ4n) is 1.46. The summed E-state index contributed by atoms with van der Waals surface area (Å²) < 4.78 is 5.56. The van der Waals surface area contributed by atoms with Crippen LogP contribution in [0.5, 0.6) is 5.75 Å². The zero-order chi connectivity index (χ0) is 12.1. The van der Waals surface area contributed by atoms with Crippen molar-refractivity contribution in [3.05, 3.63) is 23.5 Å². The Kier molecular flexibility index (Phi) is 4.28. The van der Waals surface area contributed by atoms with Crippen molar-refractivity contribution in [1.29, 1.82) is 0 Å². The molecular formula is C12H17NO3. The van der Waals surface area contributed by atoms with E-state index in [0.717, 1.165) is 17.8 Å². The molecule has 1 aromatic rings. The molecule has 0 bridgehead atoms. The van der Waals surface area contributed by atoms with Crippen LogP contribution in [0.4, 0.5) is 0 Å². The topological polar surface area (TPSA) is 59.4 Å². The molecular weight excluding hydrogens is 206 g/mol. The molecule has 1 N–H and O–H groups in total. The van der Waals surface area contributed by atoms with Crippen molar-refractivity contribution in [2.24, 2.45) is 0 Å². The van der Waals surface area contributed by atoms with E-state index in [1.807, 2.05) is 26.0 Å². The monoisotopic (exact) mass is 223 g/mol. The lowest BCUT2D eigenvalue weighted by molar-refractivity contribution is -0.138. The van der Waals surface area contributed by atoms with Gasteiger partial charge in [0.05, 0.1) is 12.1 Å². The van der Waals surface area contributed by atoms with E-state index in [0.29, 0.717) is 5.75 Å². The highest BCUT2D eigenvalue weighted by Gasteiger charge is 2.11. The van der Waals surface area contributed by atoms with Crippen molar-refractivity contribution in [2.75, 3.05) is 0 Å². The molecule has 4 heteroatoms. The van der Waals surface area contributed by atoms with E-state index in [4.69, 9.17) is 9.84 Å². The predicted octanol–water partition coefficient (Wildman–Crippen LogP) is 2.19. The van der Waals surface area contributed by atoms with Crippen LogP contribution in [0.1, 0.15) is 31.7 Å². The van der Waals surface area contributed by atoms with Gasteiger partial charge < -0.3 is 9.84 Å². The van der Waals surface area contributed by atoms with Crippen LogP contribution in [0, 0.1) is 6.92 Å². The lowest BCUT2D eigenvalue weighted by Gasteiger charge is -2.15. The summed E-state index contributed by atoms with van der Waals surface area (Å²) in [6.07, 6.45) is 0.431. The molecule has 1 atom stereocenters. The van der Waals surface area contributed by atoms with Gasteiger partial charge in [-0.05, 0) is 32.4 Å². The molecule has 0 aliphatic rings. The summed E-state index contributed by atoms with van der Waals surface area (Å²) in [4.78, 5) is 14.9. The molecule has 4 nitrogen and oxygen atoms in total. The SMILES string of the molecule is CCc1nc(C)ccc1O[C@@H](C)CC(=O)O.